The van der Waals surface area contributed by atoms with Gasteiger partial charge in [0.25, 0.3) is 0 Å². The van der Waals surface area contributed by atoms with Gasteiger partial charge in [-0.2, -0.15) is 0 Å². The summed E-state index contributed by atoms with van der Waals surface area (Å²) in [6, 6.07) is 10.3. The summed E-state index contributed by atoms with van der Waals surface area (Å²) in [7, 11) is 0. The molecule has 2 nitrogen and oxygen atoms in total. The molecule has 1 N–H and O–H groups in total. The van der Waals surface area contributed by atoms with Crippen LogP contribution in [0.3, 0.4) is 0 Å². The van der Waals surface area contributed by atoms with Gasteiger partial charge < -0.3 is 10.1 Å². The van der Waals surface area contributed by atoms with E-state index < -0.39 is 0 Å². The first-order valence-corrected chi connectivity index (χ1v) is 5.69. The van der Waals surface area contributed by atoms with Gasteiger partial charge in [-0.1, -0.05) is 37.3 Å². The van der Waals surface area contributed by atoms with Crippen LogP contribution in [0.4, 0.5) is 0 Å². The minimum absolute atomic E-state index is 0.275. The summed E-state index contributed by atoms with van der Waals surface area (Å²) in [5.41, 5.74) is 1.24. The van der Waals surface area contributed by atoms with E-state index in [4.69, 9.17) is 4.74 Å². The van der Waals surface area contributed by atoms with Crippen molar-refractivity contribution in [2.45, 2.75) is 33.0 Å². The zero-order chi connectivity index (χ0) is 10.9. The lowest BCUT2D eigenvalue weighted by Crippen LogP contribution is -2.27. The first-order chi connectivity index (χ1) is 7.33. The third-order valence-corrected chi connectivity index (χ3v) is 2.24. The first kappa shape index (κ1) is 12.2. The molecule has 0 radical (unpaired) electrons. The number of nitrogens with one attached hydrogen (secondary N) is 1. The Kier molecular flexibility index (Phi) is 6.05. The average Bonchev–Trinajstić information content (AvgIpc) is 2.28. The van der Waals surface area contributed by atoms with Gasteiger partial charge in [-0.25, -0.2) is 0 Å². The molecule has 0 aliphatic carbocycles. The quantitative estimate of drug-likeness (QED) is 0.694. The fourth-order valence-electron chi connectivity index (χ4n) is 1.35. The molecule has 1 aromatic carbocycles. The Bertz CT molecular complexity index is 248. The molecule has 0 bridgehead atoms. The van der Waals surface area contributed by atoms with Gasteiger partial charge in [0.05, 0.1) is 12.7 Å². The highest BCUT2D eigenvalue weighted by molar-refractivity contribution is 5.13. The molecule has 2 heteroatoms. The number of rotatable bonds is 7. The molecule has 1 atom stereocenters. The van der Waals surface area contributed by atoms with Crippen molar-refractivity contribution < 1.29 is 4.74 Å². The topological polar surface area (TPSA) is 21.3 Å². The van der Waals surface area contributed by atoms with Gasteiger partial charge in [0.2, 0.25) is 0 Å². The van der Waals surface area contributed by atoms with Crippen LogP contribution in [0.1, 0.15) is 25.8 Å². The molecule has 0 heterocycles. The van der Waals surface area contributed by atoms with E-state index in [9.17, 15) is 0 Å². The summed E-state index contributed by atoms with van der Waals surface area (Å²) in [4.78, 5) is 0. The molecule has 0 saturated carbocycles. The molecular formula is C13H21NO. The number of ether oxygens (including phenoxy) is 1. The van der Waals surface area contributed by atoms with Crippen molar-refractivity contribution in [1.82, 2.24) is 5.32 Å². The molecule has 0 fully saturated rings. The molecule has 84 valence electrons. The predicted octanol–water partition coefficient (Wildman–Crippen LogP) is 2.59. The van der Waals surface area contributed by atoms with Gasteiger partial charge >= 0.3 is 0 Å². The lowest BCUT2D eigenvalue weighted by Gasteiger charge is -2.13. The molecule has 1 unspecified atom stereocenters. The largest absolute Gasteiger partial charge is 0.373 e. The predicted molar refractivity (Wildman–Crippen MR) is 63.9 cm³/mol. The van der Waals surface area contributed by atoms with Gasteiger partial charge in [-0.15, -0.1) is 0 Å². The highest BCUT2D eigenvalue weighted by atomic mass is 16.5. The molecular weight excluding hydrogens is 186 g/mol. The Balaban J connectivity index is 2.14. The van der Waals surface area contributed by atoms with E-state index in [1.807, 2.05) is 18.2 Å². The van der Waals surface area contributed by atoms with Gasteiger partial charge in [0.1, 0.15) is 0 Å². The van der Waals surface area contributed by atoms with Crippen molar-refractivity contribution in [3.05, 3.63) is 35.9 Å². The summed E-state index contributed by atoms with van der Waals surface area (Å²) in [6.07, 6.45) is 1.45. The first-order valence-electron chi connectivity index (χ1n) is 5.69. The third kappa shape index (κ3) is 5.55. The van der Waals surface area contributed by atoms with Crippen molar-refractivity contribution in [2.75, 3.05) is 13.1 Å². The smallest absolute Gasteiger partial charge is 0.0721 e. The van der Waals surface area contributed by atoms with Crippen LogP contribution in [0.15, 0.2) is 30.3 Å². The van der Waals surface area contributed by atoms with Crippen LogP contribution in [0.2, 0.25) is 0 Å². The van der Waals surface area contributed by atoms with Crippen LogP contribution >= 0.6 is 0 Å². The van der Waals surface area contributed by atoms with Gasteiger partial charge in [-0.3, -0.25) is 0 Å². The summed E-state index contributed by atoms with van der Waals surface area (Å²) in [6.45, 7) is 6.98. The second-order valence-electron chi connectivity index (χ2n) is 3.81. The molecule has 0 saturated heterocycles. The van der Waals surface area contributed by atoms with Crippen LogP contribution in [-0.2, 0) is 11.3 Å². The van der Waals surface area contributed by atoms with Crippen molar-refractivity contribution in [3.8, 4) is 0 Å². The van der Waals surface area contributed by atoms with E-state index >= 15 is 0 Å². The number of hydrogen-bond donors (Lipinski definition) is 1. The summed E-state index contributed by atoms with van der Waals surface area (Å²) in [5.74, 6) is 0. The molecule has 0 aromatic heterocycles. The molecule has 0 amide bonds. The van der Waals surface area contributed by atoms with Crippen LogP contribution in [0.5, 0.6) is 0 Å². The molecule has 1 aromatic rings. The summed E-state index contributed by atoms with van der Waals surface area (Å²) >= 11 is 0. The average molecular weight is 207 g/mol. The second-order valence-corrected chi connectivity index (χ2v) is 3.81. The monoisotopic (exact) mass is 207 g/mol. The SMILES string of the molecule is CCCNCC(C)OCc1ccccc1. The zero-order valence-corrected chi connectivity index (χ0v) is 9.70. The van der Waals surface area contributed by atoms with Gasteiger partial charge in [0, 0.05) is 6.54 Å². The van der Waals surface area contributed by atoms with Crippen LogP contribution in [-0.4, -0.2) is 19.2 Å². The molecule has 15 heavy (non-hydrogen) atoms. The molecule has 0 aliphatic heterocycles. The van der Waals surface area contributed by atoms with Crippen LogP contribution < -0.4 is 5.32 Å². The third-order valence-electron chi connectivity index (χ3n) is 2.24. The normalized spacial score (nSPS) is 12.7. The molecule has 1 rings (SSSR count). The van der Waals surface area contributed by atoms with E-state index in [1.54, 1.807) is 0 Å². The Hall–Kier alpha value is -0.860. The maximum atomic E-state index is 5.71. The Labute approximate surface area is 92.6 Å². The highest BCUT2D eigenvalue weighted by Crippen LogP contribution is 2.02. The van der Waals surface area contributed by atoms with Crippen molar-refractivity contribution >= 4 is 0 Å². The van der Waals surface area contributed by atoms with Crippen molar-refractivity contribution in [3.63, 3.8) is 0 Å². The van der Waals surface area contributed by atoms with E-state index in [1.165, 1.54) is 12.0 Å². The van der Waals surface area contributed by atoms with Crippen LogP contribution in [0.25, 0.3) is 0 Å². The highest BCUT2D eigenvalue weighted by Gasteiger charge is 2.01. The van der Waals surface area contributed by atoms with Gasteiger partial charge in [0.15, 0.2) is 0 Å². The van der Waals surface area contributed by atoms with E-state index in [-0.39, 0.29) is 6.10 Å². The van der Waals surface area contributed by atoms with Crippen molar-refractivity contribution in [2.24, 2.45) is 0 Å². The minimum Gasteiger partial charge on any atom is -0.373 e. The lowest BCUT2D eigenvalue weighted by molar-refractivity contribution is 0.0533. The zero-order valence-electron chi connectivity index (χ0n) is 9.70. The second kappa shape index (κ2) is 7.43. The summed E-state index contributed by atoms with van der Waals surface area (Å²) in [5, 5.41) is 3.35. The van der Waals surface area contributed by atoms with E-state index in [2.05, 4.69) is 31.3 Å². The lowest BCUT2D eigenvalue weighted by atomic mass is 10.2. The van der Waals surface area contributed by atoms with E-state index in [0.29, 0.717) is 6.61 Å². The van der Waals surface area contributed by atoms with E-state index in [0.717, 1.165) is 13.1 Å². The Morgan fingerprint density at radius 1 is 1.27 bits per heavy atom. The number of benzene rings is 1. The van der Waals surface area contributed by atoms with Crippen molar-refractivity contribution in [1.29, 1.82) is 0 Å². The molecule has 0 aliphatic rings. The minimum atomic E-state index is 0.275. The van der Waals surface area contributed by atoms with Crippen LogP contribution in [0, 0.1) is 0 Å². The molecule has 0 spiro atoms. The van der Waals surface area contributed by atoms with Gasteiger partial charge in [-0.05, 0) is 25.5 Å². The summed E-state index contributed by atoms with van der Waals surface area (Å²) < 4.78 is 5.71. The Morgan fingerprint density at radius 2 is 2.00 bits per heavy atom. The standard InChI is InChI=1S/C13H21NO/c1-3-9-14-10-12(2)15-11-13-7-5-4-6-8-13/h4-8,12,14H,3,9-11H2,1-2H3. The fraction of sp³-hybridized carbons (Fsp3) is 0.538. The maximum Gasteiger partial charge on any atom is 0.0721 e. The maximum absolute atomic E-state index is 5.71. The fourth-order valence-corrected chi connectivity index (χ4v) is 1.35. The number of hydrogen-bond acceptors (Lipinski definition) is 2. The Morgan fingerprint density at radius 3 is 2.67 bits per heavy atom.